The summed E-state index contributed by atoms with van der Waals surface area (Å²) in [7, 11) is 0. The molecule has 1 saturated carbocycles. The quantitative estimate of drug-likeness (QED) is 0.787. The second-order valence-electron chi connectivity index (χ2n) is 8.41. The predicted octanol–water partition coefficient (Wildman–Crippen LogP) is 2.26. The number of rotatable bonds is 7. The first-order valence-corrected chi connectivity index (χ1v) is 9.97. The van der Waals surface area contributed by atoms with Crippen LogP contribution in [0.5, 0.6) is 0 Å². The van der Waals surface area contributed by atoms with Crippen molar-refractivity contribution in [2.75, 3.05) is 19.6 Å². The number of carbonyl (C=O) groups excluding carboxylic acids is 1. The summed E-state index contributed by atoms with van der Waals surface area (Å²) < 4.78 is 2.08. The van der Waals surface area contributed by atoms with E-state index < -0.39 is 0 Å². The number of carbonyl (C=O) groups is 1. The molecule has 27 heavy (non-hydrogen) atoms. The van der Waals surface area contributed by atoms with Crippen molar-refractivity contribution < 1.29 is 4.79 Å². The minimum Gasteiger partial charge on any atom is -0.351 e. The number of amides is 1. The van der Waals surface area contributed by atoms with Crippen molar-refractivity contribution in [2.24, 2.45) is 11.3 Å². The number of hydrogen-bond donors (Lipinski definition) is 2. The van der Waals surface area contributed by atoms with Gasteiger partial charge in [0.1, 0.15) is 0 Å². The van der Waals surface area contributed by atoms with Gasteiger partial charge in [0.15, 0.2) is 0 Å². The Morgan fingerprint density at radius 3 is 2.85 bits per heavy atom. The lowest BCUT2D eigenvalue weighted by atomic mass is 9.99. The van der Waals surface area contributed by atoms with E-state index in [0.29, 0.717) is 18.0 Å². The monoisotopic (exact) mass is 367 g/mol. The fourth-order valence-corrected chi connectivity index (χ4v) is 4.04. The van der Waals surface area contributed by atoms with Crippen molar-refractivity contribution in [1.29, 1.82) is 0 Å². The summed E-state index contributed by atoms with van der Waals surface area (Å²) >= 11 is 0. The third-order valence-corrected chi connectivity index (χ3v) is 5.91. The molecule has 1 unspecified atom stereocenters. The van der Waals surface area contributed by atoms with E-state index in [1.165, 1.54) is 12.1 Å². The van der Waals surface area contributed by atoms with Crippen molar-refractivity contribution in [3.8, 4) is 0 Å². The fourth-order valence-electron chi connectivity index (χ4n) is 4.04. The van der Waals surface area contributed by atoms with Gasteiger partial charge in [-0.1, -0.05) is 0 Å². The Kier molecular flexibility index (Phi) is 5.00. The molecule has 6 heteroatoms. The van der Waals surface area contributed by atoms with Gasteiger partial charge in [-0.2, -0.15) is 5.10 Å². The van der Waals surface area contributed by atoms with Gasteiger partial charge in [0.05, 0.1) is 11.3 Å². The molecule has 2 aliphatic rings. The van der Waals surface area contributed by atoms with E-state index in [4.69, 9.17) is 0 Å². The van der Waals surface area contributed by atoms with Crippen molar-refractivity contribution >= 4 is 5.91 Å². The molecule has 1 aliphatic carbocycles. The van der Waals surface area contributed by atoms with Crippen molar-refractivity contribution in [2.45, 2.75) is 46.1 Å². The summed E-state index contributed by atoms with van der Waals surface area (Å²) in [4.78, 5) is 16.9. The Balaban J connectivity index is 1.34. The van der Waals surface area contributed by atoms with Gasteiger partial charge in [-0.3, -0.25) is 14.5 Å². The molecule has 0 aromatic carbocycles. The van der Waals surface area contributed by atoms with Crippen LogP contribution in [0.15, 0.2) is 24.5 Å². The Morgan fingerprint density at radius 2 is 2.19 bits per heavy atom. The van der Waals surface area contributed by atoms with E-state index in [1.807, 2.05) is 19.2 Å². The van der Waals surface area contributed by atoms with E-state index in [2.05, 4.69) is 38.4 Å². The zero-order valence-electron chi connectivity index (χ0n) is 16.3. The maximum absolute atomic E-state index is 12.6. The van der Waals surface area contributed by atoms with E-state index in [0.717, 1.165) is 50.2 Å². The lowest BCUT2D eigenvalue weighted by Gasteiger charge is -2.17. The molecule has 2 N–H and O–H groups in total. The molecule has 2 aromatic heterocycles. The molecular weight excluding hydrogens is 338 g/mol. The van der Waals surface area contributed by atoms with Gasteiger partial charge in [0.2, 0.25) is 0 Å². The topological polar surface area (TPSA) is 71.8 Å². The van der Waals surface area contributed by atoms with Crippen LogP contribution in [0.1, 0.15) is 46.6 Å². The molecule has 1 amide bonds. The number of hydrogen-bond acceptors (Lipinski definition) is 4. The SMILES string of the molecule is Cc1cc(C)n(CC2(CNC(=O)c3cncc(CC4CCNC4)c3)CC2)n1. The van der Waals surface area contributed by atoms with Crippen LogP contribution in [0.3, 0.4) is 0 Å². The first-order chi connectivity index (χ1) is 13.0. The average molecular weight is 367 g/mol. The molecule has 0 bridgehead atoms. The highest BCUT2D eigenvalue weighted by atomic mass is 16.1. The van der Waals surface area contributed by atoms with E-state index in [9.17, 15) is 4.79 Å². The maximum atomic E-state index is 12.6. The van der Waals surface area contributed by atoms with Gasteiger partial charge < -0.3 is 10.6 Å². The number of nitrogens with zero attached hydrogens (tertiary/aromatic N) is 3. The summed E-state index contributed by atoms with van der Waals surface area (Å²) in [5.74, 6) is 0.633. The minimum absolute atomic E-state index is 0.0199. The van der Waals surface area contributed by atoms with Gasteiger partial charge >= 0.3 is 0 Å². The Hall–Kier alpha value is -2.21. The predicted molar refractivity (Wildman–Crippen MR) is 105 cm³/mol. The molecule has 3 heterocycles. The molecule has 1 saturated heterocycles. The van der Waals surface area contributed by atoms with Crippen LogP contribution in [0.4, 0.5) is 0 Å². The average Bonchev–Trinajstić information content (AvgIpc) is 3.07. The summed E-state index contributed by atoms with van der Waals surface area (Å²) in [6.45, 7) is 7.83. The second kappa shape index (κ2) is 7.43. The third kappa shape index (κ3) is 4.38. The second-order valence-corrected chi connectivity index (χ2v) is 8.41. The summed E-state index contributed by atoms with van der Waals surface area (Å²) in [5, 5.41) is 11.1. The van der Waals surface area contributed by atoms with Gasteiger partial charge in [-0.15, -0.1) is 0 Å². The van der Waals surface area contributed by atoms with Crippen LogP contribution >= 0.6 is 0 Å². The number of pyridine rings is 1. The van der Waals surface area contributed by atoms with Gasteiger partial charge in [0.25, 0.3) is 5.91 Å². The summed E-state index contributed by atoms with van der Waals surface area (Å²) in [6, 6.07) is 4.10. The third-order valence-electron chi connectivity index (χ3n) is 5.91. The molecule has 1 atom stereocenters. The van der Waals surface area contributed by atoms with Gasteiger partial charge in [-0.05, 0) is 76.2 Å². The van der Waals surface area contributed by atoms with Crippen LogP contribution in [0.25, 0.3) is 0 Å². The van der Waals surface area contributed by atoms with E-state index in [1.54, 1.807) is 6.20 Å². The molecule has 2 fully saturated rings. The Labute approximate surface area is 160 Å². The van der Waals surface area contributed by atoms with Crippen molar-refractivity contribution in [3.05, 3.63) is 47.0 Å². The molecule has 4 rings (SSSR count). The molecule has 6 nitrogen and oxygen atoms in total. The minimum atomic E-state index is -0.0199. The Bertz CT molecular complexity index is 818. The number of aryl methyl sites for hydroxylation is 2. The molecular formula is C21H29N5O. The van der Waals surface area contributed by atoms with Gasteiger partial charge in [-0.25, -0.2) is 0 Å². The largest absolute Gasteiger partial charge is 0.351 e. The zero-order chi connectivity index (χ0) is 18.9. The van der Waals surface area contributed by atoms with Crippen molar-refractivity contribution in [3.63, 3.8) is 0 Å². The van der Waals surface area contributed by atoms with Crippen LogP contribution < -0.4 is 10.6 Å². The lowest BCUT2D eigenvalue weighted by Crippen LogP contribution is -2.33. The molecule has 0 spiro atoms. The van der Waals surface area contributed by atoms with E-state index >= 15 is 0 Å². The Morgan fingerprint density at radius 1 is 1.33 bits per heavy atom. The first-order valence-electron chi connectivity index (χ1n) is 9.97. The molecule has 2 aromatic rings. The normalized spacial score (nSPS) is 20.6. The van der Waals surface area contributed by atoms with Crippen molar-refractivity contribution in [1.82, 2.24) is 25.4 Å². The fraction of sp³-hybridized carbons (Fsp3) is 0.571. The highest BCUT2D eigenvalue weighted by Gasteiger charge is 2.43. The van der Waals surface area contributed by atoms with Crippen LogP contribution in [-0.4, -0.2) is 40.3 Å². The molecule has 1 aliphatic heterocycles. The summed E-state index contributed by atoms with van der Waals surface area (Å²) in [5.41, 5.74) is 4.20. The highest BCUT2D eigenvalue weighted by Crippen LogP contribution is 2.46. The first kappa shape index (κ1) is 18.2. The smallest absolute Gasteiger partial charge is 0.252 e. The molecule has 0 radical (unpaired) electrons. The zero-order valence-corrected chi connectivity index (χ0v) is 16.3. The lowest BCUT2D eigenvalue weighted by molar-refractivity contribution is 0.0942. The van der Waals surface area contributed by atoms with Gasteiger partial charge in [0, 0.05) is 36.6 Å². The number of aromatic nitrogens is 3. The highest BCUT2D eigenvalue weighted by molar-refractivity contribution is 5.94. The van der Waals surface area contributed by atoms with E-state index in [-0.39, 0.29) is 11.3 Å². The van der Waals surface area contributed by atoms with Crippen LogP contribution in [-0.2, 0) is 13.0 Å². The summed E-state index contributed by atoms with van der Waals surface area (Å²) in [6.07, 6.45) is 8.03. The number of nitrogens with one attached hydrogen (secondary N) is 2. The van der Waals surface area contributed by atoms with Crippen LogP contribution in [0, 0.1) is 25.2 Å². The standard InChI is InChI=1S/C21H29N5O/c1-15-7-16(2)26(25-15)14-21(4-5-21)13-24-20(27)19-9-18(11-23-12-19)8-17-3-6-22-10-17/h7,9,11-12,17,22H,3-6,8,10,13-14H2,1-2H3,(H,24,27). The molecule has 144 valence electrons. The maximum Gasteiger partial charge on any atom is 0.252 e. The van der Waals surface area contributed by atoms with Crippen LogP contribution in [0.2, 0.25) is 0 Å².